The van der Waals surface area contributed by atoms with Crippen molar-refractivity contribution in [2.24, 2.45) is 16.8 Å². The molecule has 0 aliphatic carbocycles. The Balaban J connectivity index is 2.25. The first-order valence-corrected chi connectivity index (χ1v) is 8.70. The van der Waals surface area contributed by atoms with Gasteiger partial charge in [-0.2, -0.15) is 0 Å². The zero-order chi connectivity index (χ0) is 16.5. The third-order valence-corrected chi connectivity index (χ3v) is 4.06. The molecule has 0 saturated carbocycles. The highest BCUT2D eigenvalue weighted by atomic mass is 16.2. The van der Waals surface area contributed by atoms with Gasteiger partial charge in [0.05, 0.1) is 0 Å². The molecule has 1 heterocycles. The van der Waals surface area contributed by atoms with E-state index in [4.69, 9.17) is 0 Å². The number of guanidine groups is 1. The van der Waals surface area contributed by atoms with E-state index in [-0.39, 0.29) is 11.8 Å². The number of unbranched alkanes of at least 4 members (excludes halogenated alkanes) is 1. The summed E-state index contributed by atoms with van der Waals surface area (Å²) in [6.07, 6.45) is 4.69. The molecule has 0 bridgehead atoms. The number of nitrogens with zero attached hydrogens (tertiary/aromatic N) is 2. The largest absolute Gasteiger partial charge is 0.356 e. The van der Waals surface area contributed by atoms with Crippen LogP contribution in [-0.4, -0.2) is 49.5 Å². The Morgan fingerprint density at radius 1 is 1.27 bits per heavy atom. The van der Waals surface area contributed by atoms with Gasteiger partial charge < -0.3 is 15.5 Å². The molecule has 5 nitrogen and oxygen atoms in total. The van der Waals surface area contributed by atoms with Gasteiger partial charge in [0.25, 0.3) is 0 Å². The maximum Gasteiger partial charge on any atom is 0.225 e. The van der Waals surface area contributed by atoms with Crippen LogP contribution in [0.2, 0.25) is 0 Å². The van der Waals surface area contributed by atoms with Gasteiger partial charge in [0, 0.05) is 38.6 Å². The average Bonchev–Trinajstić information content (AvgIpc) is 2.92. The van der Waals surface area contributed by atoms with Crippen LogP contribution in [0.15, 0.2) is 4.99 Å². The molecule has 1 atom stereocenters. The van der Waals surface area contributed by atoms with Crippen LogP contribution in [0.5, 0.6) is 0 Å². The Kier molecular flexibility index (Phi) is 8.28. The molecule has 0 aromatic rings. The molecule has 5 heteroatoms. The Morgan fingerprint density at radius 3 is 2.59 bits per heavy atom. The molecule has 1 fully saturated rings. The maximum absolute atomic E-state index is 12.0. The van der Waals surface area contributed by atoms with Crippen molar-refractivity contribution < 1.29 is 4.79 Å². The fraction of sp³-hybridized carbons (Fsp3) is 0.882. The molecule has 2 N–H and O–H groups in total. The van der Waals surface area contributed by atoms with Crippen LogP contribution in [0.1, 0.15) is 53.4 Å². The van der Waals surface area contributed by atoms with Crippen molar-refractivity contribution in [2.75, 3.05) is 26.7 Å². The SMILES string of the molecule is CN=C(NCCCCC(C)C)NC1CCN(C(=O)C(C)C)C1. The monoisotopic (exact) mass is 310 g/mol. The summed E-state index contributed by atoms with van der Waals surface area (Å²) in [5.74, 6) is 1.96. The molecule has 0 radical (unpaired) electrons. The lowest BCUT2D eigenvalue weighted by Gasteiger charge is -2.20. The zero-order valence-electron chi connectivity index (χ0n) is 15.0. The van der Waals surface area contributed by atoms with Crippen molar-refractivity contribution in [1.82, 2.24) is 15.5 Å². The molecular weight excluding hydrogens is 276 g/mol. The Bertz CT molecular complexity index is 366. The van der Waals surface area contributed by atoms with Crippen molar-refractivity contribution in [2.45, 2.75) is 59.4 Å². The predicted molar refractivity (Wildman–Crippen MR) is 93.0 cm³/mol. The minimum absolute atomic E-state index is 0.0807. The van der Waals surface area contributed by atoms with E-state index in [0.29, 0.717) is 6.04 Å². The fourth-order valence-electron chi connectivity index (χ4n) is 2.72. The summed E-state index contributed by atoms with van der Waals surface area (Å²) >= 11 is 0. The van der Waals surface area contributed by atoms with Gasteiger partial charge in [-0.05, 0) is 18.8 Å². The topological polar surface area (TPSA) is 56.7 Å². The van der Waals surface area contributed by atoms with Gasteiger partial charge in [0.2, 0.25) is 5.91 Å². The number of hydrogen-bond acceptors (Lipinski definition) is 2. The van der Waals surface area contributed by atoms with Gasteiger partial charge in [0.15, 0.2) is 5.96 Å². The Morgan fingerprint density at radius 2 is 2.00 bits per heavy atom. The van der Waals surface area contributed by atoms with Crippen LogP contribution < -0.4 is 10.6 Å². The first-order valence-electron chi connectivity index (χ1n) is 8.70. The van der Waals surface area contributed by atoms with Crippen molar-refractivity contribution in [3.05, 3.63) is 0 Å². The second-order valence-electron chi connectivity index (χ2n) is 6.96. The first kappa shape index (κ1) is 18.8. The van der Waals surface area contributed by atoms with Crippen LogP contribution in [0.4, 0.5) is 0 Å². The van der Waals surface area contributed by atoms with Crippen molar-refractivity contribution >= 4 is 11.9 Å². The number of aliphatic imine (C=N–C) groups is 1. The summed E-state index contributed by atoms with van der Waals surface area (Å²) in [6, 6.07) is 0.310. The number of hydrogen-bond donors (Lipinski definition) is 2. The smallest absolute Gasteiger partial charge is 0.225 e. The molecule has 1 aliphatic rings. The second kappa shape index (κ2) is 9.70. The van der Waals surface area contributed by atoms with Gasteiger partial charge in [-0.15, -0.1) is 0 Å². The fourth-order valence-corrected chi connectivity index (χ4v) is 2.72. The van der Waals surface area contributed by atoms with Gasteiger partial charge in [0.1, 0.15) is 0 Å². The van der Waals surface area contributed by atoms with E-state index in [0.717, 1.165) is 37.9 Å². The first-order chi connectivity index (χ1) is 10.4. The highest BCUT2D eigenvalue weighted by Crippen LogP contribution is 2.12. The molecule has 1 unspecified atom stereocenters. The van der Waals surface area contributed by atoms with Gasteiger partial charge in [-0.3, -0.25) is 9.79 Å². The lowest BCUT2D eigenvalue weighted by atomic mass is 10.1. The van der Waals surface area contributed by atoms with Gasteiger partial charge in [-0.1, -0.05) is 40.5 Å². The molecule has 1 amide bonds. The van der Waals surface area contributed by atoms with Crippen molar-refractivity contribution in [3.63, 3.8) is 0 Å². The minimum Gasteiger partial charge on any atom is -0.356 e. The average molecular weight is 310 g/mol. The highest BCUT2D eigenvalue weighted by molar-refractivity contribution is 5.81. The summed E-state index contributed by atoms with van der Waals surface area (Å²) in [5, 5.41) is 6.81. The molecule has 1 saturated heterocycles. The Hall–Kier alpha value is -1.26. The number of carbonyl (C=O) groups is 1. The lowest BCUT2D eigenvalue weighted by molar-refractivity contribution is -0.133. The molecule has 128 valence electrons. The summed E-state index contributed by atoms with van der Waals surface area (Å²) in [6.45, 7) is 11.0. The number of rotatable bonds is 7. The minimum atomic E-state index is 0.0807. The van der Waals surface area contributed by atoms with E-state index < -0.39 is 0 Å². The second-order valence-corrected chi connectivity index (χ2v) is 6.96. The number of nitrogens with one attached hydrogen (secondary N) is 2. The maximum atomic E-state index is 12.0. The lowest BCUT2D eigenvalue weighted by Crippen LogP contribution is -2.45. The molecule has 0 aromatic carbocycles. The van der Waals surface area contributed by atoms with E-state index in [1.165, 1.54) is 19.3 Å². The number of likely N-dealkylation sites (tertiary alicyclic amines) is 1. The molecule has 22 heavy (non-hydrogen) atoms. The molecule has 1 aliphatic heterocycles. The van der Waals surface area contributed by atoms with Crippen LogP contribution in [0.25, 0.3) is 0 Å². The van der Waals surface area contributed by atoms with E-state index in [2.05, 4.69) is 29.5 Å². The predicted octanol–water partition coefficient (Wildman–Crippen LogP) is 2.23. The third kappa shape index (κ3) is 6.67. The quantitative estimate of drug-likeness (QED) is 0.431. The molecular formula is C17H34N4O. The van der Waals surface area contributed by atoms with Crippen LogP contribution >= 0.6 is 0 Å². The highest BCUT2D eigenvalue weighted by Gasteiger charge is 2.27. The normalized spacial score (nSPS) is 19.1. The number of carbonyl (C=O) groups excluding carboxylic acids is 1. The summed E-state index contributed by atoms with van der Waals surface area (Å²) < 4.78 is 0. The molecule has 0 spiro atoms. The zero-order valence-corrected chi connectivity index (χ0v) is 15.0. The summed E-state index contributed by atoms with van der Waals surface area (Å²) in [7, 11) is 1.80. The molecule has 1 rings (SSSR count). The van der Waals surface area contributed by atoms with Crippen LogP contribution in [-0.2, 0) is 4.79 Å². The standard InChI is InChI=1S/C17H34N4O/c1-13(2)8-6-7-10-19-17(18-5)20-15-9-11-21(12-15)16(22)14(3)4/h13-15H,6-12H2,1-5H3,(H2,18,19,20). The van der Waals surface area contributed by atoms with Gasteiger partial charge in [-0.25, -0.2) is 0 Å². The molecule has 0 aromatic heterocycles. The van der Waals surface area contributed by atoms with E-state index >= 15 is 0 Å². The third-order valence-electron chi connectivity index (χ3n) is 4.06. The summed E-state index contributed by atoms with van der Waals surface area (Å²) in [4.78, 5) is 18.2. The van der Waals surface area contributed by atoms with Gasteiger partial charge >= 0.3 is 0 Å². The number of amides is 1. The van der Waals surface area contributed by atoms with E-state index in [1.54, 1.807) is 7.05 Å². The Labute approximate surface area is 135 Å². The summed E-state index contributed by atoms with van der Waals surface area (Å²) in [5.41, 5.74) is 0. The van der Waals surface area contributed by atoms with Crippen LogP contribution in [0, 0.1) is 11.8 Å². The van der Waals surface area contributed by atoms with E-state index in [9.17, 15) is 4.79 Å². The van der Waals surface area contributed by atoms with E-state index in [1.807, 2.05) is 18.7 Å². The van der Waals surface area contributed by atoms with Crippen molar-refractivity contribution in [1.29, 1.82) is 0 Å². The van der Waals surface area contributed by atoms with Crippen LogP contribution in [0.3, 0.4) is 0 Å². The van der Waals surface area contributed by atoms with Crippen molar-refractivity contribution in [3.8, 4) is 0 Å².